The first-order valence-electron chi connectivity index (χ1n) is 3.30. The summed E-state index contributed by atoms with van der Waals surface area (Å²) in [6.45, 7) is 5.60. The predicted octanol–water partition coefficient (Wildman–Crippen LogP) is 2.24. The van der Waals surface area contributed by atoms with E-state index in [1.165, 1.54) is 0 Å². The Morgan fingerprint density at radius 2 is 2.09 bits per heavy atom. The minimum Gasteiger partial charge on any atom is -0.432 e. The van der Waals surface area contributed by atoms with Gasteiger partial charge in [0, 0.05) is 6.08 Å². The minimum absolute atomic E-state index is 0.675. The van der Waals surface area contributed by atoms with Gasteiger partial charge in [-0.15, -0.1) is 0 Å². The lowest BCUT2D eigenvalue weighted by atomic mass is 10.4. The molecule has 1 aliphatic heterocycles. The van der Waals surface area contributed by atoms with E-state index in [9.17, 15) is 0 Å². The number of allylic oxidation sites excluding steroid dienone is 2. The van der Waals surface area contributed by atoms with Gasteiger partial charge in [-0.1, -0.05) is 6.58 Å². The summed E-state index contributed by atoms with van der Waals surface area (Å²) < 4.78 is 12.6. The fraction of sp³-hybridized carbons (Fsp3) is 0.429. The van der Waals surface area contributed by atoms with E-state index in [-0.39, 0.29) is 0 Å². The molecule has 62 valence electrons. The first-order chi connectivity index (χ1) is 5.09. The summed E-state index contributed by atoms with van der Waals surface area (Å²) >= 11 is 0. The van der Waals surface area contributed by atoms with Crippen LogP contribution in [0.4, 0.5) is 0 Å². The Morgan fingerprint density at radius 3 is 2.55 bits per heavy atom. The van der Waals surface area contributed by atoms with Crippen LogP contribution < -0.4 is 0 Å². The van der Waals surface area contributed by atoms with Gasteiger partial charge in [0.15, 0.2) is 0 Å². The van der Waals surface area contributed by atoms with Crippen LogP contribution in [0, 0.1) is 0 Å². The van der Waals surface area contributed by atoms with E-state index in [1.54, 1.807) is 6.08 Å². The van der Waals surface area contributed by atoms with Crippen molar-refractivity contribution in [2.75, 3.05) is 14.1 Å². The van der Waals surface area contributed by atoms with Crippen LogP contribution in [-0.4, -0.2) is 18.8 Å². The Balaban J connectivity index is 2.64. The van der Waals surface area contributed by atoms with Crippen LogP contribution in [0.5, 0.6) is 0 Å². The Labute approximate surface area is 68.3 Å². The molecule has 0 amide bonds. The molecule has 0 aromatic rings. The maximum atomic E-state index is 5.39. The third kappa shape index (κ3) is 2.21. The molecule has 0 radical (unpaired) electrons. The molecule has 0 spiro atoms. The molecular weight excluding hydrogens is 161 g/mol. The van der Waals surface area contributed by atoms with Crippen LogP contribution in [0.2, 0.25) is 0 Å². The van der Waals surface area contributed by atoms with E-state index in [1.807, 2.05) is 25.7 Å². The van der Waals surface area contributed by atoms with E-state index in [0.29, 0.717) is 5.76 Å². The fourth-order valence-corrected chi connectivity index (χ4v) is 1.60. The summed E-state index contributed by atoms with van der Waals surface area (Å²) in [5, 5.41) is 0. The molecule has 11 heavy (non-hydrogen) atoms. The fourth-order valence-electron chi connectivity index (χ4n) is 0.685. The van der Waals surface area contributed by atoms with Gasteiger partial charge in [0.05, 0.1) is 0 Å². The summed E-state index contributed by atoms with van der Waals surface area (Å²) in [6.07, 6.45) is 1.78. The van der Waals surface area contributed by atoms with Crippen molar-refractivity contribution in [3.8, 4) is 0 Å². The molecule has 1 rings (SSSR count). The van der Waals surface area contributed by atoms with Gasteiger partial charge in [-0.3, -0.25) is 0 Å². The first kappa shape index (κ1) is 8.57. The molecule has 0 fully saturated rings. The first-order valence-corrected chi connectivity index (χ1v) is 4.43. The van der Waals surface area contributed by atoms with Crippen molar-refractivity contribution in [2.24, 2.45) is 0 Å². The Morgan fingerprint density at radius 1 is 1.45 bits per heavy atom. The van der Waals surface area contributed by atoms with Crippen molar-refractivity contribution in [3.05, 3.63) is 24.2 Å². The second kappa shape index (κ2) is 3.24. The SMILES string of the molecule is C=C1C=C(C)OP(N(C)C)O1. The quantitative estimate of drug-likeness (QED) is 0.567. The van der Waals surface area contributed by atoms with Gasteiger partial charge in [0.1, 0.15) is 11.5 Å². The van der Waals surface area contributed by atoms with E-state index in [0.717, 1.165) is 5.76 Å². The van der Waals surface area contributed by atoms with Gasteiger partial charge in [-0.05, 0) is 21.0 Å². The summed E-state index contributed by atoms with van der Waals surface area (Å²) in [6, 6.07) is 0. The number of hydrogen-bond acceptors (Lipinski definition) is 3. The van der Waals surface area contributed by atoms with Gasteiger partial charge in [0.25, 0.3) is 0 Å². The van der Waals surface area contributed by atoms with Crippen molar-refractivity contribution in [2.45, 2.75) is 6.92 Å². The maximum Gasteiger partial charge on any atom is 0.383 e. The van der Waals surface area contributed by atoms with E-state index >= 15 is 0 Å². The molecule has 0 N–H and O–H groups in total. The molecule has 0 aromatic heterocycles. The van der Waals surface area contributed by atoms with Crippen molar-refractivity contribution < 1.29 is 9.05 Å². The number of rotatable bonds is 1. The van der Waals surface area contributed by atoms with Crippen LogP contribution in [0.1, 0.15) is 6.92 Å². The van der Waals surface area contributed by atoms with Gasteiger partial charge >= 0.3 is 8.53 Å². The molecule has 0 aliphatic carbocycles. The molecule has 1 unspecified atom stereocenters. The van der Waals surface area contributed by atoms with Crippen molar-refractivity contribution in [3.63, 3.8) is 0 Å². The van der Waals surface area contributed by atoms with Crippen molar-refractivity contribution in [1.29, 1.82) is 0 Å². The molecule has 0 saturated carbocycles. The zero-order valence-corrected chi connectivity index (χ0v) is 7.89. The molecular formula is C7H12NO2P. The molecule has 0 saturated heterocycles. The van der Waals surface area contributed by atoms with Crippen LogP contribution in [0.3, 0.4) is 0 Å². The second-order valence-corrected chi connectivity index (χ2v) is 4.13. The van der Waals surface area contributed by atoms with E-state index in [2.05, 4.69) is 6.58 Å². The maximum absolute atomic E-state index is 5.39. The normalized spacial score (nSPS) is 24.2. The van der Waals surface area contributed by atoms with E-state index < -0.39 is 8.53 Å². The smallest absolute Gasteiger partial charge is 0.383 e. The van der Waals surface area contributed by atoms with Gasteiger partial charge < -0.3 is 9.05 Å². The highest BCUT2D eigenvalue weighted by atomic mass is 31.2. The average Bonchev–Trinajstić information content (AvgIpc) is 1.85. The standard InChI is InChI=1S/C7H12NO2P/c1-6-5-7(2)10-11(9-6)8(3)4/h5H,1H2,2-4H3. The molecule has 1 aliphatic rings. The topological polar surface area (TPSA) is 21.7 Å². The Bertz CT molecular complexity index is 201. The summed E-state index contributed by atoms with van der Waals surface area (Å²) in [4.78, 5) is 0. The zero-order chi connectivity index (χ0) is 8.43. The Hall–Kier alpha value is -0.530. The molecule has 0 bridgehead atoms. The van der Waals surface area contributed by atoms with E-state index in [4.69, 9.17) is 9.05 Å². The van der Waals surface area contributed by atoms with Crippen molar-refractivity contribution >= 4 is 8.53 Å². The molecule has 3 nitrogen and oxygen atoms in total. The molecule has 0 aromatic carbocycles. The highest BCUT2D eigenvalue weighted by Crippen LogP contribution is 2.47. The van der Waals surface area contributed by atoms with Gasteiger partial charge in [-0.2, -0.15) is 0 Å². The largest absolute Gasteiger partial charge is 0.432 e. The predicted molar refractivity (Wildman–Crippen MR) is 45.7 cm³/mol. The van der Waals surface area contributed by atoms with Crippen LogP contribution >= 0.6 is 8.53 Å². The summed E-state index contributed by atoms with van der Waals surface area (Å²) in [5.41, 5.74) is 0. The zero-order valence-electron chi connectivity index (χ0n) is 7.00. The van der Waals surface area contributed by atoms with Gasteiger partial charge in [0.2, 0.25) is 0 Å². The third-order valence-corrected chi connectivity index (χ3v) is 2.60. The highest BCUT2D eigenvalue weighted by molar-refractivity contribution is 7.44. The second-order valence-electron chi connectivity index (χ2n) is 2.49. The third-order valence-electron chi connectivity index (χ3n) is 1.11. The molecule has 1 atom stereocenters. The number of nitrogens with zero attached hydrogens (tertiary/aromatic N) is 1. The lowest BCUT2D eigenvalue weighted by molar-refractivity contribution is 0.298. The average molecular weight is 173 g/mol. The Kier molecular flexibility index (Phi) is 2.53. The van der Waals surface area contributed by atoms with Crippen LogP contribution in [0.15, 0.2) is 24.2 Å². The lowest BCUT2D eigenvalue weighted by Crippen LogP contribution is -2.10. The van der Waals surface area contributed by atoms with Crippen LogP contribution in [0.25, 0.3) is 0 Å². The van der Waals surface area contributed by atoms with Gasteiger partial charge in [-0.25, -0.2) is 4.67 Å². The highest BCUT2D eigenvalue weighted by Gasteiger charge is 2.21. The minimum atomic E-state index is -0.944. The molecule has 4 heteroatoms. The van der Waals surface area contributed by atoms with Crippen LogP contribution in [-0.2, 0) is 9.05 Å². The summed E-state index contributed by atoms with van der Waals surface area (Å²) in [7, 11) is 2.88. The molecule has 1 heterocycles. The monoisotopic (exact) mass is 173 g/mol. The van der Waals surface area contributed by atoms with Crippen molar-refractivity contribution in [1.82, 2.24) is 4.67 Å². The lowest BCUT2D eigenvalue weighted by Gasteiger charge is -2.26. The number of hydrogen-bond donors (Lipinski definition) is 0. The summed E-state index contributed by atoms with van der Waals surface area (Å²) in [5.74, 6) is 1.54.